The SMILES string of the molecule is CCOCc1ccc(CNC(=O)c2c(C)nn(Cc3ccccc3Cl)c2Cl)cc1. The molecule has 1 N–H and O–H groups in total. The molecule has 152 valence electrons. The minimum Gasteiger partial charge on any atom is -0.377 e. The molecule has 5 nitrogen and oxygen atoms in total. The fraction of sp³-hybridized carbons (Fsp3) is 0.273. The highest BCUT2D eigenvalue weighted by Crippen LogP contribution is 2.23. The Bertz CT molecular complexity index is 984. The van der Waals surface area contributed by atoms with Gasteiger partial charge in [0.2, 0.25) is 0 Å². The first-order valence-electron chi connectivity index (χ1n) is 9.39. The third-order valence-electron chi connectivity index (χ3n) is 4.52. The highest BCUT2D eigenvalue weighted by atomic mass is 35.5. The summed E-state index contributed by atoms with van der Waals surface area (Å²) < 4.78 is 6.98. The van der Waals surface area contributed by atoms with Gasteiger partial charge in [-0.3, -0.25) is 4.79 Å². The van der Waals surface area contributed by atoms with E-state index in [1.807, 2.05) is 55.5 Å². The molecule has 1 aromatic heterocycles. The number of halogens is 2. The lowest BCUT2D eigenvalue weighted by atomic mass is 10.1. The van der Waals surface area contributed by atoms with Crippen LogP contribution in [0.25, 0.3) is 0 Å². The molecule has 0 saturated carbocycles. The molecule has 1 heterocycles. The molecule has 0 fully saturated rings. The van der Waals surface area contributed by atoms with E-state index >= 15 is 0 Å². The van der Waals surface area contributed by atoms with E-state index < -0.39 is 0 Å². The zero-order valence-corrected chi connectivity index (χ0v) is 17.9. The molecule has 29 heavy (non-hydrogen) atoms. The first-order valence-corrected chi connectivity index (χ1v) is 10.1. The number of nitrogens with zero attached hydrogens (tertiary/aromatic N) is 2. The normalized spacial score (nSPS) is 10.9. The van der Waals surface area contributed by atoms with Crippen molar-refractivity contribution in [2.75, 3.05) is 6.61 Å². The van der Waals surface area contributed by atoms with Gasteiger partial charge in [-0.05, 0) is 36.6 Å². The molecule has 0 atom stereocenters. The number of amides is 1. The van der Waals surface area contributed by atoms with Crippen LogP contribution in [0.5, 0.6) is 0 Å². The minimum absolute atomic E-state index is 0.253. The van der Waals surface area contributed by atoms with Crippen LogP contribution in [0.4, 0.5) is 0 Å². The first-order chi connectivity index (χ1) is 14.0. The van der Waals surface area contributed by atoms with E-state index in [1.54, 1.807) is 11.6 Å². The number of nitrogens with one attached hydrogen (secondary N) is 1. The largest absolute Gasteiger partial charge is 0.377 e. The number of rotatable bonds is 8. The van der Waals surface area contributed by atoms with Gasteiger partial charge in [-0.2, -0.15) is 5.10 Å². The van der Waals surface area contributed by atoms with E-state index in [0.29, 0.717) is 47.7 Å². The summed E-state index contributed by atoms with van der Waals surface area (Å²) in [5, 5.41) is 8.26. The van der Waals surface area contributed by atoms with E-state index in [2.05, 4.69) is 10.4 Å². The maximum Gasteiger partial charge on any atom is 0.256 e. The number of carbonyl (C=O) groups is 1. The average Bonchev–Trinajstić information content (AvgIpc) is 3.00. The molecule has 3 rings (SSSR count). The van der Waals surface area contributed by atoms with Gasteiger partial charge in [0, 0.05) is 18.2 Å². The third-order valence-corrected chi connectivity index (χ3v) is 5.27. The van der Waals surface area contributed by atoms with Crippen molar-refractivity contribution >= 4 is 29.1 Å². The predicted octanol–water partition coefficient (Wildman–Crippen LogP) is 5.01. The minimum atomic E-state index is -0.253. The standard InChI is InChI=1S/C22H23Cl2N3O2/c1-3-29-14-17-10-8-16(9-11-17)12-25-22(28)20-15(2)26-27(21(20)24)13-18-6-4-5-7-19(18)23/h4-11H,3,12-14H2,1-2H3,(H,25,28). The van der Waals surface area contributed by atoms with Crippen molar-refractivity contribution in [3.63, 3.8) is 0 Å². The fourth-order valence-corrected chi connectivity index (χ4v) is 3.46. The fourth-order valence-electron chi connectivity index (χ4n) is 2.95. The van der Waals surface area contributed by atoms with Crippen molar-refractivity contribution in [2.24, 2.45) is 0 Å². The summed E-state index contributed by atoms with van der Waals surface area (Å²) in [5.41, 5.74) is 3.94. The lowest BCUT2D eigenvalue weighted by Gasteiger charge is -2.08. The Hall–Kier alpha value is -2.34. The van der Waals surface area contributed by atoms with Gasteiger partial charge in [-0.25, -0.2) is 4.68 Å². The number of aromatic nitrogens is 2. The topological polar surface area (TPSA) is 56.1 Å². The Morgan fingerprint density at radius 1 is 1.10 bits per heavy atom. The zero-order valence-electron chi connectivity index (χ0n) is 16.4. The van der Waals surface area contributed by atoms with Crippen LogP contribution < -0.4 is 5.32 Å². The van der Waals surface area contributed by atoms with Crippen molar-refractivity contribution in [3.8, 4) is 0 Å². The number of carbonyl (C=O) groups excluding carboxylic acids is 1. The van der Waals surface area contributed by atoms with Gasteiger partial charge in [0.15, 0.2) is 0 Å². The van der Waals surface area contributed by atoms with Crippen molar-refractivity contribution in [1.82, 2.24) is 15.1 Å². The van der Waals surface area contributed by atoms with Crippen molar-refractivity contribution in [1.29, 1.82) is 0 Å². The number of hydrogen-bond acceptors (Lipinski definition) is 3. The Kier molecular flexibility index (Phi) is 7.31. The lowest BCUT2D eigenvalue weighted by Crippen LogP contribution is -2.23. The van der Waals surface area contributed by atoms with Gasteiger partial charge in [-0.1, -0.05) is 65.7 Å². The van der Waals surface area contributed by atoms with Crippen LogP contribution in [-0.4, -0.2) is 22.3 Å². The van der Waals surface area contributed by atoms with Crippen molar-refractivity contribution in [3.05, 3.63) is 86.7 Å². The van der Waals surface area contributed by atoms with Crippen LogP contribution in [0.3, 0.4) is 0 Å². The second-order valence-electron chi connectivity index (χ2n) is 6.64. The zero-order chi connectivity index (χ0) is 20.8. The Morgan fingerprint density at radius 2 is 1.79 bits per heavy atom. The molecule has 0 aliphatic heterocycles. The molecular weight excluding hydrogens is 409 g/mol. The van der Waals surface area contributed by atoms with Crippen LogP contribution in [-0.2, 0) is 24.4 Å². The van der Waals surface area contributed by atoms with Crippen LogP contribution in [0, 0.1) is 6.92 Å². The summed E-state index contributed by atoms with van der Waals surface area (Å²) in [4.78, 5) is 12.7. The first kappa shape index (κ1) is 21.4. The number of hydrogen-bond donors (Lipinski definition) is 1. The third kappa shape index (κ3) is 5.38. The summed E-state index contributed by atoms with van der Waals surface area (Å²) in [5.74, 6) is -0.253. The predicted molar refractivity (Wildman–Crippen MR) is 115 cm³/mol. The maximum absolute atomic E-state index is 12.7. The molecule has 0 saturated heterocycles. The molecule has 1 amide bonds. The second-order valence-corrected chi connectivity index (χ2v) is 7.40. The molecule has 3 aromatic rings. The van der Waals surface area contributed by atoms with Crippen molar-refractivity contribution < 1.29 is 9.53 Å². The monoisotopic (exact) mass is 431 g/mol. The Balaban J connectivity index is 1.66. The Labute approximate surface area is 180 Å². The quantitative estimate of drug-likeness (QED) is 0.544. The van der Waals surface area contributed by atoms with E-state index in [4.69, 9.17) is 27.9 Å². The van der Waals surface area contributed by atoms with Gasteiger partial charge in [0.05, 0.1) is 24.4 Å². The van der Waals surface area contributed by atoms with Gasteiger partial charge in [0.1, 0.15) is 5.15 Å². The van der Waals surface area contributed by atoms with Crippen molar-refractivity contribution in [2.45, 2.75) is 33.5 Å². The molecule has 0 spiro atoms. The highest BCUT2D eigenvalue weighted by molar-refractivity contribution is 6.33. The molecule has 0 aliphatic carbocycles. The van der Waals surface area contributed by atoms with Crippen LogP contribution in [0.1, 0.15) is 39.7 Å². The average molecular weight is 432 g/mol. The highest BCUT2D eigenvalue weighted by Gasteiger charge is 2.20. The van der Waals surface area contributed by atoms with Gasteiger partial charge < -0.3 is 10.1 Å². The molecule has 7 heteroatoms. The maximum atomic E-state index is 12.7. The molecule has 2 aromatic carbocycles. The van der Waals surface area contributed by atoms with Gasteiger partial charge >= 0.3 is 0 Å². The smallest absolute Gasteiger partial charge is 0.256 e. The summed E-state index contributed by atoms with van der Waals surface area (Å²) in [6, 6.07) is 15.4. The van der Waals surface area contributed by atoms with Crippen LogP contribution >= 0.6 is 23.2 Å². The van der Waals surface area contributed by atoms with Crippen LogP contribution in [0.2, 0.25) is 10.2 Å². The van der Waals surface area contributed by atoms with E-state index in [9.17, 15) is 4.79 Å². The molecule has 0 bridgehead atoms. The summed E-state index contributed by atoms with van der Waals surface area (Å²) in [6.45, 7) is 5.80. The summed E-state index contributed by atoms with van der Waals surface area (Å²) >= 11 is 12.7. The van der Waals surface area contributed by atoms with E-state index in [1.165, 1.54) is 0 Å². The second kappa shape index (κ2) is 9.92. The van der Waals surface area contributed by atoms with Gasteiger partial charge in [-0.15, -0.1) is 0 Å². The van der Waals surface area contributed by atoms with E-state index in [-0.39, 0.29) is 5.91 Å². The van der Waals surface area contributed by atoms with Crippen LogP contribution in [0.15, 0.2) is 48.5 Å². The number of benzene rings is 2. The summed E-state index contributed by atoms with van der Waals surface area (Å²) in [6.07, 6.45) is 0. The summed E-state index contributed by atoms with van der Waals surface area (Å²) in [7, 11) is 0. The number of aryl methyl sites for hydroxylation is 1. The molecule has 0 aliphatic rings. The Morgan fingerprint density at radius 3 is 2.48 bits per heavy atom. The molecule has 0 unspecified atom stereocenters. The molecule has 0 radical (unpaired) electrons. The lowest BCUT2D eigenvalue weighted by molar-refractivity contribution is 0.0950. The molecular formula is C22H23Cl2N3O2. The van der Waals surface area contributed by atoms with E-state index in [0.717, 1.165) is 16.7 Å². The van der Waals surface area contributed by atoms with Gasteiger partial charge in [0.25, 0.3) is 5.91 Å². The number of ether oxygens (including phenoxy) is 1.